The maximum atomic E-state index is 10.7. The van der Waals surface area contributed by atoms with Gasteiger partial charge in [0, 0.05) is 0 Å². The van der Waals surface area contributed by atoms with Gasteiger partial charge in [-0.25, -0.2) is 9.09 Å². The van der Waals surface area contributed by atoms with E-state index < -0.39 is 14.6 Å². The molecule has 1 aromatic rings. The maximum absolute atomic E-state index is 10.7. The molecule has 0 spiro atoms. The normalized spacial score (nSPS) is 8.59. The molecule has 0 aliphatic carbocycles. The summed E-state index contributed by atoms with van der Waals surface area (Å²) in [4.78, 5) is 17.3. The minimum absolute atomic E-state index is 0. The van der Waals surface area contributed by atoms with Crippen molar-refractivity contribution in [3.63, 3.8) is 0 Å². The van der Waals surface area contributed by atoms with E-state index in [1.54, 1.807) is 0 Å². The van der Waals surface area contributed by atoms with E-state index in [4.69, 9.17) is 14.5 Å². The van der Waals surface area contributed by atoms with Crippen LogP contribution in [0.2, 0.25) is 0 Å². The van der Waals surface area contributed by atoms with Crippen LogP contribution in [-0.4, -0.2) is 44.0 Å². The van der Waals surface area contributed by atoms with E-state index in [-0.39, 0.29) is 128 Å². The smallest absolute Gasteiger partial charge is 0.466 e. The van der Waals surface area contributed by atoms with Crippen molar-refractivity contribution >= 4 is 7.82 Å². The molecule has 148 valence electrons. The van der Waals surface area contributed by atoms with Crippen molar-refractivity contribution in [2.75, 3.05) is 6.79 Å². The zero-order valence-corrected chi connectivity index (χ0v) is 24.1. The number of hydrogen-bond acceptors (Lipinski definition) is 3. The van der Waals surface area contributed by atoms with E-state index >= 15 is 0 Å². The van der Waals surface area contributed by atoms with Crippen LogP contribution < -0.4 is 93.4 Å². The first-order chi connectivity index (χ1) is 8.72. The Labute approximate surface area is 226 Å². The third-order valence-corrected chi connectivity index (χ3v) is 3.19. The Morgan fingerprint density at radius 2 is 1.19 bits per heavy atom. The molecule has 0 amide bonds. The topological polar surface area (TPSA) is 233 Å². The average molecular weight is 447 g/mol. The molecule has 1 rings (SSSR count). The van der Waals surface area contributed by atoms with Crippen molar-refractivity contribution in [2.24, 2.45) is 0 Å². The fourth-order valence-corrected chi connectivity index (χ4v) is 1.99. The molecule has 0 saturated heterocycles. The zero-order chi connectivity index (χ0) is 14.6. The molecule has 0 heterocycles. The molecule has 0 aromatic heterocycles. The van der Waals surface area contributed by atoms with Gasteiger partial charge in [-0.15, -0.1) is 0 Å². The van der Waals surface area contributed by atoms with Crippen LogP contribution in [0.1, 0.15) is 50.7 Å². The third-order valence-electron chi connectivity index (χ3n) is 2.74. The summed E-state index contributed by atoms with van der Waals surface area (Å²) >= 11 is 0. The summed E-state index contributed by atoms with van der Waals surface area (Å²) in [5, 5.41) is 0. The van der Waals surface area contributed by atoms with E-state index in [2.05, 4.69) is 4.52 Å². The molecule has 0 unspecified atom stereocenters. The molecule has 0 bridgehead atoms. The standard InChI is InChI=1S/C13H21O5P.3Na.5H2O/c1-9(2)11-6-5-7-12(10(3)4)13(11)17-8-18-19(14,15)16;;;;;;;;/h5-7,9-10H,8H2,1-4H3,(H2,14,15,16);;;;5*1H2/q;3*+1;;;;;. The Morgan fingerprint density at radius 3 is 1.44 bits per heavy atom. The van der Waals surface area contributed by atoms with Gasteiger partial charge in [-0.1, -0.05) is 45.9 Å². The van der Waals surface area contributed by atoms with Gasteiger partial charge in [-0.3, -0.25) is 0 Å². The predicted octanol–water partition coefficient (Wildman–Crippen LogP) is -9.73. The molecule has 27 heavy (non-hydrogen) atoms. The van der Waals surface area contributed by atoms with Gasteiger partial charge in [-0.05, 0) is 23.0 Å². The summed E-state index contributed by atoms with van der Waals surface area (Å²) in [6.07, 6.45) is 0. The monoisotopic (exact) mass is 447 g/mol. The van der Waals surface area contributed by atoms with E-state index in [1.165, 1.54) is 0 Å². The van der Waals surface area contributed by atoms with Crippen molar-refractivity contribution in [1.82, 2.24) is 0 Å². The van der Waals surface area contributed by atoms with Crippen LogP contribution in [0.5, 0.6) is 5.75 Å². The molecule has 0 fully saturated rings. The van der Waals surface area contributed by atoms with Gasteiger partial charge in [0.15, 0.2) is 6.79 Å². The van der Waals surface area contributed by atoms with Gasteiger partial charge in [0.1, 0.15) is 5.75 Å². The summed E-state index contributed by atoms with van der Waals surface area (Å²) in [5.74, 6) is 1.16. The van der Waals surface area contributed by atoms with E-state index in [1.807, 2.05) is 45.9 Å². The number of ether oxygens (including phenoxy) is 1. The zero-order valence-electron chi connectivity index (χ0n) is 17.2. The van der Waals surface area contributed by atoms with Gasteiger partial charge in [-0.2, -0.15) is 0 Å². The van der Waals surface area contributed by atoms with Crippen LogP contribution in [0.15, 0.2) is 18.2 Å². The average Bonchev–Trinajstić information content (AvgIpc) is 2.26. The van der Waals surface area contributed by atoms with Gasteiger partial charge >= 0.3 is 96.5 Å². The van der Waals surface area contributed by atoms with Crippen LogP contribution >= 0.6 is 7.82 Å². The Kier molecular flexibility index (Phi) is 46.2. The van der Waals surface area contributed by atoms with Crippen LogP contribution in [0.25, 0.3) is 0 Å². The summed E-state index contributed by atoms with van der Waals surface area (Å²) < 4.78 is 20.5. The van der Waals surface area contributed by atoms with E-state index in [9.17, 15) is 4.57 Å². The SMILES string of the molecule is CC(C)c1cccc(C(C)C)c1OCOP(=O)(O)O.O.O.O.O.O.[Na+].[Na+].[Na+]. The Hall–Kier alpha value is 1.93. The summed E-state index contributed by atoms with van der Waals surface area (Å²) in [6.45, 7) is 7.69. The molecular formula is C13H31Na3O10P+3. The van der Waals surface area contributed by atoms with Crippen LogP contribution in [0.3, 0.4) is 0 Å². The minimum Gasteiger partial charge on any atom is -0.466 e. The summed E-state index contributed by atoms with van der Waals surface area (Å²) in [5.41, 5.74) is 2.00. The second-order valence-electron chi connectivity index (χ2n) is 4.96. The molecule has 0 radical (unpaired) electrons. The van der Waals surface area contributed by atoms with Gasteiger partial charge in [0.25, 0.3) is 0 Å². The molecule has 1 aromatic carbocycles. The number of para-hydroxylation sites is 1. The maximum Gasteiger partial charge on any atom is 1.00 e. The molecule has 12 N–H and O–H groups in total. The van der Waals surface area contributed by atoms with Crippen molar-refractivity contribution in [3.05, 3.63) is 29.3 Å². The molecular weight excluding hydrogens is 416 g/mol. The second-order valence-corrected chi connectivity index (χ2v) is 6.20. The van der Waals surface area contributed by atoms with E-state index in [0.717, 1.165) is 11.1 Å². The van der Waals surface area contributed by atoms with Gasteiger partial charge in [0.05, 0.1) is 0 Å². The molecule has 0 aliphatic heterocycles. The van der Waals surface area contributed by atoms with Crippen LogP contribution in [-0.2, 0) is 9.09 Å². The largest absolute Gasteiger partial charge is 1.00 e. The first-order valence-corrected chi connectivity index (χ1v) is 7.71. The van der Waals surface area contributed by atoms with Gasteiger partial charge < -0.3 is 41.9 Å². The number of rotatable bonds is 6. The fraction of sp³-hybridized carbons (Fsp3) is 0.538. The molecule has 0 aliphatic rings. The second kappa shape index (κ2) is 24.2. The van der Waals surface area contributed by atoms with Crippen molar-refractivity contribution < 1.29 is 140 Å². The molecule has 0 atom stereocenters. The molecule has 10 nitrogen and oxygen atoms in total. The third kappa shape index (κ3) is 19.6. The van der Waals surface area contributed by atoms with Crippen LogP contribution in [0.4, 0.5) is 0 Å². The van der Waals surface area contributed by atoms with Crippen molar-refractivity contribution in [1.29, 1.82) is 0 Å². The summed E-state index contributed by atoms with van der Waals surface area (Å²) in [7, 11) is -4.51. The van der Waals surface area contributed by atoms with E-state index in [0.29, 0.717) is 5.75 Å². The predicted molar refractivity (Wildman–Crippen MR) is 91.3 cm³/mol. The van der Waals surface area contributed by atoms with Gasteiger partial charge in [0.2, 0.25) is 0 Å². The quantitative estimate of drug-likeness (QED) is 0.245. The Bertz CT molecular complexity index is 459. The first-order valence-electron chi connectivity index (χ1n) is 6.18. The number of phosphoric acid groups is 1. The minimum atomic E-state index is -4.51. The molecule has 0 saturated carbocycles. The Balaban J connectivity index is -0.0000000752. The Morgan fingerprint density at radius 1 is 0.852 bits per heavy atom. The number of benzene rings is 1. The number of phosphoric ester groups is 1. The first kappa shape index (κ1) is 51.5. The van der Waals surface area contributed by atoms with Crippen molar-refractivity contribution in [3.8, 4) is 5.75 Å². The molecule has 14 heteroatoms. The van der Waals surface area contributed by atoms with Crippen LogP contribution in [0, 0.1) is 0 Å². The summed E-state index contributed by atoms with van der Waals surface area (Å²) in [6, 6.07) is 5.86. The fourth-order valence-electron chi connectivity index (χ4n) is 1.80. The number of hydrogen-bond donors (Lipinski definition) is 2. The van der Waals surface area contributed by atoms with Crippen molar-refractivity contribution in [2.45, 2.75) is 39.5 Å².